The third kappa shape index (κ3) is 7.33. The Bertz CT molecular complexity index is 297. The van der Waals surface area contributed by atoms with Gasteiger partial charge in [-0.1, -0.05) is 0 Å². The first-order valence-electron chi connectivity index (χ1n) is 5.35. The van der Waals surface area contributed by atoms with E-state index in [1.165, 1.54) is 6.20 Å². The largest absolute Gasteiger partial charge is 0.395 e. The average molecular weight is 241 g/mol. The number of aliphatic hydroxyl groups excluding tert-OH is 1. The number of carbonyl (C=O) groups excluding carboxylic acids is 1. The molecule has 0 rings (SSSR count). The van der Waals surface area contributed by atoms with Gasteiger partial charge >= 0.3 is 0 Å². The number of hydrogen-bond donors (Lipinski definition) is 2. The van der Waals surface area contributed by atoms with Crippen molar-refractivity contribution < 1.29 is 14.6 Å². The maximum Gasteiger partial charge on any atom is 0.263 e. The van der Waals surface area contributed by atoms with E-state index in [2.05, 4.69) is 5.32 Å². The molecule has 0 saturated heterocycles. The number of nitriles is 1. The van der Waals surface area contributed by atoms with Crippen molar-refractivity contribution in [2.45, 2.75) is 6.42 Å². The molecule has 0 aromatic rings. The lowest BCUT2D eigenvalue weighted by Gasteiger charge is -2.12. The summed E-state index contributed by atoms with van der Waals surface area (Å²) in [5.41, 5.74) is 0.0263. The Morgan fingerprint density at radius 2 is 2.35 bits per heavy atom. The molecule has 0 heterocycles. The maximum atomic E-state index is 11.5. The molecule has 0 bridgehead atoms. The van der Waals surface area contributed by atoms with E-state index >= 15 is 0 Å². The van der Waals surface area contributed by atoms with Gasteiger partial charge in [0, 0.05) is 40.1 Å². The predicted octanol–water partition coefficient (Wildman–Crippen LogP) is -0.529. The summed E-state index contributed by atoms with van der Waals surface area (Å²) >= 11 is 0. The molecular formula is C11H19N3O3. The van der Waals surface area contributed by atoms with Gasteiger partial charge in [-0.15, -0.1) is 0 Å². The van der Waals surface area contributed by atoms with Crippen LogP contribution in [0.1, 0.15) is 6.42 Å². The van der Waals surface area contributed by atoms with Gasteiger partial charge in [0.25, 0.3) is 5.91 Å². The van der Waals surface area contributed by atoms with E-state index in [0.717, 1.165) is 0 Å². The first-order chi connectivity index (χ1) is 8.15. The van der Waals surface area contributed by atoms with E-state index in [1.807, 2.05) is 6.07 Å². The molecule has 1 amide bonds. The summed E-state index contributed by atoms with van der Waals surface area (Å²) in [5, 5.41) is 20.1. The first-order valence-corrected chi connectivity index (χ1v) is 5.35. The lowest BCUT2D eigenvalue weighted by Crippen LogP contribution is -2.28. The fourth-order valence-corrected chi connectivity index (χ4v) is 1.09. The summed E-state index contributed by atoms with van der Waals surface area (Å²) in [7, 11) is 3.28. The van der Waals surface area contributed by atoms with Crippen molar-refractivity contribution in [2.75, 3.05) is 40.5 Å². The van der Waals surface area contributed by atoms with Crippen LogP contribution >= 0.6 is 0 Å². The summed E-state index contributed by atoms with van der Waals surface area (Å²) in [6.07, 6.45) is 2.12. The highest BCUT2D eigenvalue weighted by atomic mass is 16.5. The molecule has 0 fully saturated rings. The summed E-state index contributed by atoms with van der Waals surface area (Å²) in [5.74, 6) is -0.409. The van der Waals surface area contributed by atoms with E-state index in [4.69, 9.17) is 15.1 Å². The van der Waals surface area contributed by atoms with Crippen LogP contribution in [0.5, 0.6) is 0 Å². The third-order valence-corrected chi connectivity index (χ3v) is 1.98. The van der Waals surface area contributed by atoms with Gasteiger partial charge in [0.15, 0.2) is 0 Å². The summed E-state index contributed by atoms with van der Waals surface area (Å²) in [6, 6.07) is 1.83. The van der Waals surface area contributed by atoms with E-state index in [0.29, 0.717) is 26.1 Å². The molecular weight excluding hydrogens is 222 g/mol. The van der Waals surface area contributed by atoms with Gasteiger partial charge in [0.1, 0.15) is 11.6 Å². The lowest BCUT2D eigenvalue weighted by molar-refractivity contribution is -0.117. The van der Waals surface area contributed by atoms with Gasteiger partial charge in [-0.3, -0.25) is 4.79 Å². The minimum absolute atomic E-state index is 0.0263. The molecule has 0 aliphatic carbocycles. The molecule has 6 nitrogen and oxygen atoms in total. The molecule has 0 spiro atoms. The van der Waals surface area contributed by atoms with E-state index in [-0.39, 0.29) is 12.2 Å². The third-order valence-electron chi connectivity index (χ3n) is 1.98. The molecule has 2 N–H and O–H groups in total. The van der Waals surface area contributed by atoms with Gasteiger partial charge in [-0.05, 0) is 6.42 Å². The molecule has 0 saturated carbocycles. The maximum absolute atomic E-state index is 11.5. The topological polar surface area (TPSA) is 85.6 Å². The number of amides is 1. The van der Waals surface area contributed by atoms with Gasteiger partial charge in [-0.2, -0.15) is 5.26 Å². The molecule has 0 radical (unpaired) electrons. The molecule has 0 unspecified atom stereocenters. The lowest BCUT2D eigenvalue weighted by atomic mass is 10.3. The molecule has 0 aromatic carbocycles. The van der Waals surface area contributed by atoms with Crippen LogP contribution in [-0.4, -0.2) is 56.4 Å². The van der Waals surface area contributed by atoms with E-state index in [9.17, 15) is 4.79 Å². The Kier molecular flexibility index (Phi) is 8.74. The van der Waals surface area contributed by atoms with Crippen molar-refractivity contribution in [1.29, 1.82) is 5.26 Å². The van der Waals surface area contributed by atoms with Crippen LogP contribution < -0.4 is 5.32 Å². The average Bonchev–Trinajstić information content (AvgIpc) is 2.31. The normalized spacial score (nSPS) is 10.8. The summed E-state index contributed by atoms with van der Waals surface area (Å²) in [4.78, 5) is 13.1. The standard InChI is InChI=1S/C11H19N3O3/c1-14(5-6-15)9-10(8-12)11(16)13-4-3-7-17-2/h9,15H,3-7H2,1-2H3,(H,13,16)/b10-9-. The highest BCUT2D eigenvalue weighted by Gasteiger charge is 2.08. The molecule has 96 valence electrons. The molecule has 0 atom stereocenters. The molecule has 17 heavy (non-hydrogen) atoms. The van der Waals surface area contributed by atoms with Crippen molar-refractivity contribution >= 4 is 5.91 Å². The highest BCUT2D eigenvalue weighted by Crippen LogP contribution is 1.95. The van der Waals surface area contributed by atoms with Gasteiger partial charge in [0.2, 0.25) is 0 Å². The monoisotopic (exact) mass is 241 g/mol. The number of nitrogens with zero attached hydrogens (tertiary/aromatic N) is 2. The Morgan fingerprint density at radius 1 is 1.65 bits per heavy atom. The quantitative estimate of drug-likeness (QED) is 0.339. The van der Waals surface area contributed by atoms with E-state index < -0.39 is 5.91 Å². The Morgan fingerprint density at radius 3 is 2.88 bits per heavy atom. The minimum Gasteiger partial charge on any atom is -0.395 e. The van der Waals surface area contributed by atoms with Crippen LogP contribution in [0.15, 0.2) is 11.8 Å². The van der Waals surface area contributed by atoms with Crippen molar-refractivity contribution in [3.8, 4) is 6.07 Å². The number of likely N-dealkylation sites (N-methyl/N-ethyl adjacent to an activating group) is 1. The zero-order valence-electron chi connectivity index (χ0n) is 10.3. The minimum atomic E-state index is -0.409. The second kappa shape index (κ2) is 9.63. The summed E-state index contributed by atoms with van der Waals surface area (Å²) in [6.45, 7) is 1.38. The Balaban J connectivity index is 4.17. The SMILES string of the molecule is COCCCNC(=O)/C(C#N)=C\N(C)CCO. The zero-order chi connectivity index (χ0) is 13.1. The van der Waals surface area contributed by atoms with Crippen molar-refractivity contribution in [1.82, 2.24) is 10.2 Å². The number of carbonyl (C=O) groups is 1. The fourth-order valence-electron chi connectivity index (χ4n) is 1.09. The van der Waals surface area contributed by atoms with Crippen LogP contribution in [0.25, 0.3) is 0 Å². The highest BCUT2D eigenvalue weighted by molar-refractivity contribution is 5.97. The predicted molar refractivity (Wildman–Crippen MR) is 62.9 cm³/mol. The van der Waals surface area contributed by atoms with Crippen molar-refractivity contribution in [2.24, 2.45) is 0 Å². The molecule has 0 aromatic heterocycles. The van der Waals surface area contributed by atoms with Gasteiger partial charge in [-0.25, -0.2) is 0 Å². The second-order valence-electron chi connectivity index (χ2n) is 3.46. The van der Waals surface area contributed by atoms with Crippen LogP contribution in [0.2, 0.25) is 0 Å². The van der Waals surface area contributed by atoms with Crippen LogP contribution in [0.3, 0.4) is 0 Å². The number of methoxy groups -OCH3 is 1. The number of aliphatic hydroxyl groups is 1. The number of hydrogen-bond acceptors (Lipinski definition) is 5. The van der Waals surface area contributed by atoms with Crippen LogP contribution in [-0.2, 0) is 9.53 Å². The molecule has 0 aliphatic heterocycles. The zero-order valence-corrected chi connectivity index (χ0v) is 10.3. The number of ether oxygens (including phenoxy) is 1. The van der Waals surface area contributed by atoms with Crippen molar-refractivity contribution in [3.63, 3.8) is 0 Å². The van der Waals surface area contributed by atoms with Crippen molar-refractivity contribution in [3.05, 3.63) is 11.8 Å². The van der Waals surface area contributed by atoms with E-state index in [1.54, 1.807) is 19.1 Å². The van der Waals surface area contributed by atoms with Gasteiger partial charge in [0.05, 0.1) is 6.61 Å². The fraction of sp³-hybridized carbons (Fsp3) is 0.636. The smallest absolute Gasteiger partial charge is 0.263 e. The Labute approximate surface area is 101 Å². The van der Waals surface area contributed by atoms with Crippen LogP contribution in [0.4, 0.5) is 0 Å². The van der Waals surface area contributed by atoms with Gasteiger partial charge < -0.3 is 20.1 Å². The Hall–Kier alpha value is -1.58. The molecule has 0 aliphatic rings. The molecule has 6 heteroatoms. The summed E-state index contributed by atoms with van der Waals surface area (Å²) < 4.78 is 4.84. The second-order valence-corrected chi connectivity index (χ2v) is 3.46. The van der Waals surface area contributed by atoms with Crippen LogP contribution in [0, 0.1) is 11.3 Å². The number of nitrogens with one attached hydrogen (secondary N) is 1. The first kappa shape index (κ1) is 15.4. The number of rotatable bonds is 8.